The van der Waals surface area contributed by atoms with Gasteiger partial charge < -0.3 is 10.7 Å². The number of nitrogen functional groups attached to an aromatic ring is 1. The third kappa shape index (κ3) is 1.45. The van der Waals surface area contributed by atoms with Crippen LogP contribution in [0.4, 0.5) is 5.69 Å². The maximum atomic E-state index is 10.8. The average molecular weight is 173 g/mol. The molecule has 1 heterocycles. The normalized spacial score (nSPS) is 9.91. The highest BCUT2D eigenvalue weighted by Crippen LogP contribution is 2.12. The minimum atomic E-state index is -0.543. The molecule has 0 bridgehead atoms. The van der Waals surface area contributed by atoms with E-state index in [-0.39, 0.29) is 5.69 Å². The number of nitrogens with two attached hydrogens (primary N) is 1. The second kappa shape index (κ2) is 2.83. The number of aromatic amines is 2. The Bertz CT molecular complexity index is 367. The molecule has 0 atom stereocenters. The van der Waals surface area contributed by atoms with Crippen molar-refractivity contribution in [2.24, 2.45) is 0 Å². The molecule has 0 unspecified atom stereocenters. The Hall–Kier alpha value is -1.17. The molecule has 11 heavy (non-hydrogen) atoms. The molecule has 60 valence electrons. The third-order valence-corrected chi connectivity index (χ3v) is 1.88. The minimum Gasteiger partial charge on any atom is -0.392 e. The van der Waals surface area contributed by atoms with E-state index in [0.717, 1.165) is 0 Å². The zero-order valence-electron chi connectivity index (χ0n) is 5.80. The summed E-state index contributed by atoms with van der Waals surface area (Å²) in [5.74, 6) is 0. The summed E-state index contributed by atoms with van der Waals surface area (Å²) < 4.78 is 0. The zero-order chi connectivity index (χ0) is 8.43. The molecule has 0 aliphatic carbocycles. The molecule has 0 saturated carbocycles. The molecule has 0 saturated heterocycles. The summed E-state index contributed by atoms with van der Waals surface area (Å²) in [6, 6.07) is 0. The molecule has 0 aliphatic rings. The van der Waals surface area contributed by atoms with Crippen molar-refractivity contribution in [3.05, 3.63) is 20.8 Å². The molecule has 4 N–H and O–H groups in total. The number of anilines is 1. The van der Waals surface area contributed by atoms with Crippen LogP contribution in [0.5, 0.6) is 0 Å². The Balaban J connectivity index is 3.49. The van der Waals surface area contributed by atoms with Crippen LogP contribution in [0.15, 0.2) is 14.6 Å². The molecular weight excluding hydrogens is 166 g/mol. The predicted molar refractivity (Wildman–Crippen MR) is 43.9 cm³/mol. The molecule has 0 spiro atoms. The highest BCUT2D eigenvalue weighted by atomic mass is 32.2. The first-order chi connectivity index (χ1) is 5.15. The van der Waals surface area contributed by atoms with Crippen LogP contribution in [0.1, 0.15) is 0 Å². The van der Waals surface area contributed by atoms with Crippen molar-refractivity contribution in [3.63, 3.8) is 0 Å². The monoisotopic (exact) mass is 173 g/mol. The summed E-state index contributed by atoms with van der Waals surface area (Å²) in [5, 5.41) is 0.402. The molecular formula is C5H7N3O2S. The molecule has 0 amide bonds. The van der Waals surface area contributed by atoms with E-state index in [9.17, 15) is 9.59 Å². The number of aromatic nitrogens is 2. The van der Waals surface area contributed by atoms with Crippen LogP contribution in [0, 0.1) is 0 Å². The van der Waals surface area contributed by atoms with Crippen molar-refractivity contribution in [1.82, 2.24) is 9.97 Å². The molecule has 0 aliphatic heterocycles. The lowest BCUT2D eigenvalue weighted by molar-refractivity contribution is 0.961. The van der Waals surface area contributed by atoms with Crippen molar-refractivity contribution in [1.29, 1.82) is 0 Å². The first-order valence-electron chi connectivity index (χ1n) is 2.81. The topological polar surface area (TPSA) is 91.7 Å². The van der Waals surface area contributed by atoms with Crippen LogP contribution in [0.2, 0.25) is 0 Å². The fraction of sp³-hybridized carbons (Fsp3) is 0.200. The number of nitrogens with one attached hydrogen (secondary N) is 2. The van der Waals surface area contributed by atoms with Gasteiger partial charge in [-0.2, -0.15) is 0 Å². The summed E-state index contributed by atoms with van der Waals surface area (Å²) in [6.45, 7) is 0. The summed E-state index contributed by atoms with van der Waals surface area (Å²) >= 11 is 1.22. The second-order valence-electron chi connectivity index (χ2n) is 1.86. The van der Waals surface area contributed by atoms with Crippen LogP contribution >= 0.6 is 11.8 Å². The fourth-order valence-corrected chi connectivity index (χ4v) is 1.14. The summed E-state index contributed by atoms with van der Waals surface area (Å²) in [7, 11) is 0. The lowest BCUT2D eigenvalue weighted by Crippen LogP contribution is -2.25. The van der Waals surface area contributed by atoms with Crippen LogP contribution < -0.4 is 17.0 Å². The Morgan fingerprint density at radius 3 is 2.55 bits per heavy atom. The number of H-pyrrole nitrogens is 2. The van der Waals surface area contributed by atoms with Crippen molar-refractivity contribution in [2.75, 3.05) is 12.0 Å². The molecule has 0 fully saturated rings. The van der Waals surface area contributed by atoms with Gasteiger partial charge in [0.15, 0.2) is 0 Å². The zero-order valence-corrected chi connectivity index (χ0v) is 6.62. The minimum absolute atomic E-state index is 0.0529. The van der Waals surface area contributed by atoms with Gasteiger partial charge in [-0.1, -0.05) is 0 Å². The Kier molecular flexibility index (Phi) is 2.04. The standard InChI is InChI=1S/C5H7N3O2S/c1-11-4-2(6)3(9)7-5(10)8-4/h6H2,1H3,(H2,7,8,9,10). The molecule has 0 radical (unpaired) electrons. The highest BCUT2D eigenvalue weighted by Gasteiger charge is 2.02. The molecule has 1 rings (SSSR count). The van der Waals surface area contributed by atoms with Gasteiger partial charge in [0, 0.05) is 0 Å². The Morgan fingerprint density at radius 1 is 1.36 bits per heavy atom. The largest absolute Gasteiger partial charge is 0.392 e. The van der Waals surface area contributed by atoms with Crippen molar-refractivity contribution in [3.8, 4) is 0 Å². The maximum Gasteiger partial charge on any atom is 0.326 e. The van der Waals surface area contributed by atoms with E-state index in [0.29, 0.717) is 5.03 Å². The van der Waals surface area contributed by atoms with E-state index < -0.39 is 11.2 Å². The van der Waals surface area contributed by atoms with Crippen LogP contribution in [0.25, 0.3) is 0 Å². The van der Waals surface area contributed by atoms with E-state index in [4.69, 9.17) is 5.73 Å². The lowest BCUT2D eigenvalue weighted by Gasteiger charge is -1.97. The van der Waals surface area contributed by atoms with Gasteiger partial charge in [0.25, 0.3) is 5.56 Å². The summed E-state index contributed by atoms with van der Waals surface area (Å²) in [6.07, 6.45) is 1.72. The van der Waals surface area contributed by atoms with Crippen LogP contribution in [0.3, 0.4) is 0 Å². The van der Waals surface area contributed by atoms with Gasteiger partial charge in [0.05, 0.1) is 0 Å². The number of rotatable bonds is 1. The Labute approximate surface area is 66.0 Å². The van der Waals surface area contributed by atoms with Crippen LogP contribution in [-0.4, -0.2) is 16.2 Å². The van der Waals surface area contributed by atoms with Gasteiger partial charge in [-0.25, -0.2) is 4.79 Å². The van der Waals surface area contributed by atoms with Gasteiger partial charge in [-0.15, -0.1) is 11.8 Å². The highest BCUT2D eigenvalue weighted by molar-refractivity contribution is 7.98. The van der Waals surface area contributed by atoms with Crippen LogP contribution in [-0.2, 0) is 0 Å². The summed E-state index contributed by atoms with van der Waals surface area (Å²) in [4.78, 5) is 25.8. The van der Waals surface area contributed by atoms with Crippen molar-refractivity contribution >= 4 is 17.4 Å². The average Bonchev–Trinajstić information content (AvgIpc) is 1.96. The lowest BCUT2D eigenvalue weighted by atomic mass is 10.5. The van der Waals surface area contributed by atoms with Crippen molar-refractivity contribution < 1.29 is 0 Å². The van der Waals surface area contributed by atoms with Gasteiger partial charge >= 0.3 is 5.69 Å². The van der Waals surface area contributed by atoms with E-state index >= 15 is 0 Å². The third-order valence-electron chi connectivity index (χ3n) is 1.15. The first-order valence-corrected chi connectivity index (χ1v) is 4.03. The van der Waals surface area contributed by atoms with Gasteiger partial charge in [0.1, 0.15) is 10.7 Å². The molecule has 0 aromatic carbocycles. The number of thioether (sulfide) groups is 1. The number of hydrogen-bond donors (Lipinski definition) is 3. The quantitative estimate of drug-likeness (QED) is 0.389. The molecule has 6 heteroatoms. The predicted octanol–water partition coefficient (Wildman–Crippen LogP) is -0.633. The molecule has 5 nitrogen and oxygen atoms in total. The first kappa shape index (κ1) is 7.93. The smallest absolute Gasteiger partial charge is 0.326 e. The van der Waals surface area contributed by atoms with E-state index in [1.54, 1.807) is 6.26 Å². The van der Waals surface area contributed by atoms with Gasteiger partial charge in [-0.3, -0.25) is 9.78 Å². The number of hydrogen-bond acceptors (Lipinski definition) is 4. The van der Waals surface area contributed by atoms with E-state index in [2.05, 4.69) is 4.98 Å². The maximum absolute atomic E-state index is 10.8. The molecule has 1 aromatic heterocycles. The van der Waals surface area contributed by atoms with Crippen molar-refractivity contribution in [2.45, 2.75) is 5.03 Å². The Morgan fingerprint density at radius 2 is 2.00 bits per heavy atom. The van der Waals surface area contributed by atoms with Gasteiger partial charge in [-0.05, 0) is 6.26 Å². The van der Waals surface area contributed by atoms with Gasteiger partial charge in [0.2, 0.25) is 0 Å². The fourth-order valence-electron chi connectivity index (χ4n) is 0.636. The van der Waals surface area contributed by atoms with E-state index in [1.165, 1.54) is 11.8 Å². The molecule has 1 aromatic rings. The van der Waals surface area contributed by atoms with E-state index in [1.807, 2.05) is 4.98 Å². The SMILES string of the molecule is CSc1[nH]c(=O)[nH]c(=O)c1N. The summed E-state index contributed by atoms with van der Waals surface area (Å²) in [5.41, 5.74) is 4.30. The second-order valence-corrected chi connectivity index (χ2v) is 2.67.